The van der Waals surface area contributed by atoms with Gasteiger partial charge in [0.15, 0.2) is 0 Å². The maximum absolute atomic E-state index is 11.0. The number of aromatic nitrogens is 2. The summed E-state index contributed by atoms with van der Waals surface area (Å²) in [7, 11) is 0. The van der Waals surface area contributed by atoms with Crippen LogP contribution >= 0.6 is 0 Å². The van der Waals surface area contributed by atoms with Crippen LogP contribution in [0.15, 0.2) is 12.5 Å². The molecule has 0 fully saturated rings. The Hall–Kier alpha value is -1.65. The minimum absolute atomic E-state index is 0.0186. The third-order valence-electron chi connectivity index (χ3n) is 1.79. The number of hydrogen-bond acceptors (Lipinski definition) is 3. The van der Waals surface area contributed by atoms with Gasteiger partial charge in [-0.1, -0.05) is 0 Å². The van der Waals surface area contributed by atoms with Crippen molar-refractivity contribution in [2.75, 3.05) is 5.32 Å². The Kier molecular flexibility index (Phi) is 1.43. The predicted octanol–water partition coefficient (Wildman–Crippen LogP) is 0.673. The molecular weight excluding hydrogens is 156 g/mol. The van der Waals surface area contributed by atoms with Gasteiger partial charge in [0.1, 0.15) is 12.1 Å². The van der Waals surface area contributed by atoms with Crippen molar-refractivity contribution < 1.29 is 4.79 Å². The number of rotatable bonds is 0. The molecule has 1 aliphatic rings. The van der Waals surface area contributed by atoms with Crippen LogP contribution < -0.4 is 10.6 Å². The smallest absolute Gasteiger partial charge is 0.320 e. The summed E-state index contributed by atoms with van der Waals surface area (Å²) in [4.78, 5) is 18.8. The quantitative estimate of drug-likeness (QED) is 0.592. The van der Waals surface area contributed by atoms with Gasteiger partial charge in [0, 0.05) is 11.8 Å². The Morgan fingerprint density at radius 1 is 1.58 bits per heavy atom. The molecule has 2 N–H and O–H groups in total. The van der Waals surface area contributed by atoms with Gasteiger partial charge in [-0.05, 0) is 6.92 Å². The van der Waals surface area contributed by atoms with Crippen molar-refractivity contribution in [3.63, 3.8) is 0 Å². The lowest BCUT2D eigenvalue weighted by atomic mass is 10.1. The van der Waals surface area contributed by atoms with E-state index in [2.05, 4.69) is 20.6 Å². The number of fused-ring (bicyclic) bond motifs is 1. The van der Waals surface area contributed by atoms with Gasteiger partial charge < -0.3 is 5.32 Å². The summed E-state index contributed by atoms with van der Waals surface area (Å²) in [5.74, 6) is 0.598. The molecule has 2 amide bonds. The molecule has 0 radical (unpaired) electrons. The fourth-order valence-electron chi connectivity index (χ4n) is 1.18. The molecule has 1 aromatic rings. The Labute approximate surface area is 69.2 Å². The summed E-state index contributed by atoms with van der Waals surface area (Å²) >= 11 is 0. The third-order valence-corrected chi connectivity index (χ3v) is 1.79. The molecule has 2 heterocycles. The molecule has 1 aliphatic heterocycles. The molecule has 0 spiro atoms. The fourth-order valence-corrected chi connectivity index (χ4v) is 1.18. The lowest BCUT2D eigenvalue weighted by Crippen LogP contribution is -2.36. The lowest BCUT2D eigenvalue weighted by molar-refractivity contribution is 0.248. The Balaban J connectivity index is 2.47. The molecule has 1 atom stereocenters. The fraction of sp³-hybridized carbons (Fsp3) is 0.286. The second kappa shape index (κ2) is 2.44. The molecule has 62 valence electrons. The molecule has 12 heavy (non-hydrogen) atoms. The van der Waals surface area contributed by atoms with Crippen LogP contribution in [0.4, 0.5) is 10.6 Å². The number of urea groups is 1. The average Bonchev–Trinajstić information content (AvgIpc) is 2.04. The number of amides is 2. The first-order valence-corrected chi connectivity index (χ1v) is 3.65. The lowest BCUT2D eigenvalue weighted by Gasteiger charge is -2.22. The molecule has 2 rings (SSSR count). The number of nitrogens with zero attached hydrogens (tertiary/aromatic N) is 2. The molecule has 1 aromatic heterocycles. The van der Waals surface area contributed by atoms with Crippen molar-refractivity contribution in [2.45, 2.75) is 13.0 Å². The summed E-state index contributed by atoms with van der Waals surface area (Å²) in [5, 5.41) is 5.29. The second-order valence-corrected chi connectivity index (χ2v) is 2.65. The predicted molar refractivity (Wildman–Crippen MR) is 42.6 cm³/mol. The summed E-state index contributed by atoms with van der Waals surface area (Å²) in [6, 6.07) is -0.233. The summed E-state index contributed by atoms with van der Waals surface area (Å²) in [6.07, 6.45) is 3.11. The van der Waals surface area contributed by atoms with E-state index in [1.165, 1.54) is 6.33 Å². The zero-order valence-corrected chi connectivity index (χ0v) is 6.53. The largest absolute Gasteiger partial charge is 0.331 e. The monoisotopic (exact) mass is 164 g/mol. The normalized spacial score (nSPS) is 20.8. The molecule has 0 bridgehead atoms. The van der Waals surface area contributed by atoms with E-state index in [4.69, 9.17) is 0 Å². The topological polar surface area (TPSA) is 66.9 Å². The summed E-state index contributed by atoms with van der Waals surface area (Å²) in [6.45, 7) is 1.89. The van der Waals surface area contributed by atoms with Crippen LogP contribution in [0.25, 0.3) is 0 Å². The van der Waals surface area contributed by atoms with Gasteiger partial charge in [-0.3, -0.25) is 5.32 Å². The highest BCUT2D eigenvalue weighted by Crippen LogP contribution is 2.22. The van der Waals surface area contributed by atoms with Crippen molar-refractivity contribution in [1.82, 2.24) is 15.3 Å². The standard InChI is InChI=1S/C7H8N4O/c1-4-5-2-8-3-9-6(5)11-7(12)10-4/h2-4H,1H3,(H2,8,9,10,11,12)/t4-/m0/s1. The van der Waals surface area contributed by atoms with Crippen molar-refractivity contribution in [3.05, 3.63) is 18.1 Å². The minimum Gasteiger partial charge on any atom is -0.331 e. The van der Waals surface area contributed by atoms with Gasteiger partial charge >= 0.3 is 6.03 Å². The zero-order chi connectivity index (χ0) is 8.55. The molecule has 5 heteroatoms. The van der Waals surface area contributed by atoms with E-state index < -0.39 is 0 Å². The molecule has 0 saturated carbocycles. The number of carbonyl (C=O) groups excluding carboxylic acids is 1. The first kappa shape index (κ1) is 7.02. The van der Waals surface area contributed by atoms with Gasteiger partial charge in [-0.15, -0.1) is 0 Å². The highest BCUT2D eigenvalue weighted by atomic mass is 16.2. The van der Waals surface area contributed by atoms with Crippen LogP contribution in [0.2, 0.25) is 0 Å². The molecule has 0 aromatic carbocycles. The van der Waals surface area contributed by atoms with Crippen LogP contribution in [0, 0.1) is 0 Å². The van der Waals surface area contributed by atoms with Gasteiger partial charge in [0.2, 0.25) is 0 Å². The summed E-state index contributed by atoms with van der Waals surface area (Å²) in [5.41, 5.74) is 0.914. The van der Waals surface area contributed by atoms with E-state index in [9.17, 15) is 4.79 Å². The Morgan fingerprint density at radius 3 is 3.25 bits per heavy atom. The van der Waals surface area contributed by atoms with Crippen LogP contribution in [-0.4, -0.2) is 16.0 Å². The third kappa shape index (κ3) is 0.990. The SMILES string of the molecule is C[C@@H]1NC(=O)Nc2ncncc21. The number of carbonyl (C=O) groups is 1. The Morgan fingerprint density at radius 2 is 2.42 bits per heavy atom. The highest BCUT2D eigenvalue weighted by molar-refractivity contribution is 5.91. The van der Waals surface area contributed by atoms with Crippen LogP contribution in [0.3, 0.4) is 0 Å². The average molecular weight is 164 g/mol. The van der Waals surface area contributed by atoms with Crippen LogP contribution in [0.1, 0.15) is 18.5 Å². The van der Waals surface area contributed by atoms with Gasteiger partial charge in [0.05, 0.1) is 6.04 Å². The van der Waals surface area contributed by atoms with E-state index >= 15 is 0 Å². The van der Waals surface area contributed by atoms with Crippen LogP contribution in [0.5, 0.6) is 0 Å². The molecule has 0 aliphatic carbocycles. The molecule has 0 saturated heterocycles. The first-order chi connectivity index (χ1) is 5.77. The van der Waals surface area contributed by atoms with Gasteiger partial charge in [0.25, 0.3) is 0 Å². The van der Waals surface area contributed by atoms with E-state index in [1.54, 1.807) is 6.20 Å². The highest BCUT2D eigenvalue weighted by Gasteiger charge is 2.20. The van der Waals surface area contributed by atoms with E-state index in [-0.39, 0.29) is 12.1 Å². The first-order valence-electron chi connectivity index (χ1n) is 3.65. The molecule has 0 unspecified atom stereocenters. The van der Waals surface area contributed by atoms with Crippen molar-refractivity contribution in [2.24, 2.45) is 0 Å². The van der Waals surface area contributed by atoms with E-state index in [1.807, 2.05) is 6.92 Å². The number of hydrogen-bond donors (Lipinski definition) is 2. The van der Waals surface area contributed by atoms with Gasteiger partial charge in [-0.25, -0.2) is 14.8 Å². The number of nitrogens with one attached hydrogen (secondary N) is 2. The van der Waals surface area contributed by atoms with Crippen LogP contribution in [-0.2, 0) is 0 Å². The van der Waals surface area contributed by atoms with Crippen molar-refractivity contribution >= 4 is 11.8 Å². The number of anilines is 1. The second-order valence-electron chi connectivity index (χ2n) is 2.65. The molecule has 5 nitrogen and oxygen atoms in total. The van der Waals surface area contributed by atoms with Gasteiger partial charge in [-0.2, -0.15) is 0 Å². The van der Waals surface area contributed by atoms with E-state index in [0.717, 1.165) is 5.56 Å². The summed E-state index contributed by atoms with van der Waals surface area (Å²) < 4.78 is 0. The molecular formula is C7H8N4O. The minimum atomic E-state index is -0.214. The Bertz CT molecular complexity index is 325. The zero-order valence-electron chi connectivity index (χ0n) is 6.53. The van der Waals surface area contributed by atoms with E-state index in [0.29, 0.717) is 5.82 Å². The van der Waals surface area contributed by atoms with Crippen molar-refractivity contribution in [1.29, 1.82) is 0 Å². The maximum atomic E-state index is 11.0. The van der Waals surface area contributed by atoms with Crippen molar-refractivity contribution in [3.8, 4) is 0 Å². The maximum Gasteiger partial charge on any atom is 0.320 e.